The minimum absolute atomic E-state index is 0.00752. The van der Waals surface area contributed by atoms with Crippen LogP contribution in [0.2, 0.25) is 0 Å². The fourth-order valence-electron chi connectivity index (χ4n) is 2.10. The van der Waals surface area contributed by atoms with E-state index in [0.717, 1.165) is 0 Å². The van der Waals surface area contributed by atoms with Gasteiger partial charge in [-0.3, -0.25) is 9.10 Å². The monoisotopic (exact) mass is 304 g/mol. The molecule has 0 bridgehead atoms. The van der Waals surface area contributed by atoms with Crippen LogP contribution in [0, 0.1) is 0 Å². The molecule has 0 aliphatic heterocycles. The lowest BCUT2D eigenvalue weighted by molar-refractivity contribution is 0.0997. The van der Waals surface area contributed by atoms with Crippen molar-refractivity contribution in [2.75, 3.05) is 10.8 Å². The van der Waals surface area contributed by atoms with Crippen LogP contribution in [0.1, 0.15) is 17.3 Å². The summed E-state index contributed by atoms with van der Waals surface area (Å²) < 4.78 is 26.9. The number of hydrogen-bond donors (Lipinski definition) is 1. The Hall–Kier alpha value is -2.34. The van der Waals surface area contributed by atoms with E-state index in [4.69, 9.17) is 5.73 Å². The van der Waals surface area contributed by atoms with Crippen LogP contribution in [0.15, 0.2) is 59.5 Å². The first-order chi connectivity index (χ1) is 9.98. The van der Waals surface area contributed by atoms with Crippen molar-refractivity contribution in [3.05, 3.63) is 60.2 Å². The highest BCUT2D eigenvalue weighted by Gasteiger charge is 2.27. The lowest BCUT2D eigenvalue weighted by Crippen LogP contribution is -2.32. The molecule has 2 N–H and O–H groups in total. The normalized spacial score (nSPS) is 11.1. The van der Waals surface area contributed by atoms with Gasteiger partial charge in [0.25, 0.3) is 10.0 Å². The molecule has 6 heteroatoms. The van der Waals surface area contributed by atoms with Crippen LogP contribution in [-0.4, -0.2) is 20.9 Å². The molecule has 0 aliphatic carbocycles. The van der Waals surface area contributed by atoms with Crippen LogP contribution in [0.3, 0.4) is 0 Å². The van der Waals surface area contributed by atoms with Gasteiger partial charge in [-0.05, 0) is 31.2 Å². The van der Waals surface area contributed by atoms with E-state index in [1.165, 1.54) is 16.4 Å². The molecular weight excluding hydrogens is 288 g/mol. The second-order valence-corrected chi connectivity index (χ2v) is 6.20. The summed E-state index contributed by atoms with van der Waals surface area (Å²) in [5, 5.41) is 0. The molecule has 2 rings (SSSR count). The van der Waals surface area contributed by atoms with Crippen molar-refractivity contribution >= 4 is 21.6 Å². The van der Waals surface area contributed by atoms with Crippen LogP contribution in [0.5, 0.6) is 0 Å². The zero-order valence-corrected chi connectivity index (χ0v) is 12.4. The number of hydrogen-bond acceptors (Lipinski definition) is 3. The van der Waals surface area contributed by atoms with Gasteiger partial charge in [-0.2, -0.15) is 0 Å². The zero-order valence-electron chi connectivity index (χ0n) is 11.6. The highest BCUT2D eigenvalue weighted by atomic mass is 32.2. The summed E-state index contributed by atoms with van der Waals surface area (Å²) in [7, 11) is -3.85. The minimum atomic E-state index is -3.85. The molecule has 0 atom stereocenters. The minimum Gasteiger partial charge on any atom is -0.366 e. The summed E-state index contributed by atoms with van der Waals surface area (Å²) in [4.78, 5) is 11.4. The maximum absolute atomic E-state index is 12.8. The molecule has 0 saturated carbocycles. The molecule has 0 fully saturated rings. The molecule has 110 valence electrons. The molecule has 21 heavy (non-hydrogen) atoms. The Morgan fingerprint density at radius 1 is 1.05 bits per heavy atom. The van der Waals surface area contributed by atoms with Gasteiger partial charge in [0.1, 0.15) is 4.90 Å². The third-order valence-electron chi connectivity index (χ3n) is 3.05. The second-order valence-electron chi connectivity index (χ2n) is 4.37. The van der Waals surface area contributed by atoms with E-state index in [9.17, 15) is 13.2 Å². The lowest BCUT2D eigenvalue weighted by Gasteiger charge is -2.23. The highest BCUT2D eigenvalue weighted by Crippen LogP contribution is 2.25. The maximum atomic E-state index is 12.8. The van der Waals surface area contributed by atoms with Crippen LogP contribution in [-0.2, 0) is 10.0 Å². The Balaban J connectivity index is 2.59. The quantitative estimate of drug-likeness (QED) is 0.917. The summed E-state index contributed by atoms with van der Waals surface area (Å²) >= 11 is 0. The van der Waals surface area contributed by atoms with Gasteiger partial charge in [0, 0.05) is 6.54 Å². The number of benzene rings is 2. The van der Waals surface area contributed by atoms with Crippen LogP contribution < -0.4 is 10.0 Å². The summed E-state index contributed by atoms with van der Waals surface area (Å²) in [6, 6.07) is 14.7. The Labute approximate surface area is 124 Å². The summed E-state index contributed by atoms with van der Waals surface area (Å²) in [5.41, 5.74) is 5.80. The van der Waals surface area contributed by atoms with Crippen molar-refractivity contribution in [1.82, 2.24) is 0 Å². The van der Waals surface area contributed by atoms with Gasteiger partial charge in [-0.25, -0.2) is 8.42 Å². The Morgan fingerprint density at radius 3 is 2.19 bits per heavy atom. The molecule has 0 aromatic heterocycles. The number of para-hydroxylation sites is 1. The molecular formula is C15H16N2O3S. The van der Waals surface area contributed by atoms with E-state index in [1.807, 2.05) is 0 Å². The first-order valence-electron chi connectivity index (χ1n) is 6.45. The molecule has 1 amide bonds. The molecule has 0 heterocycles. The topological polar surface area (TPSA) is 80.5 Å². The van der Waals surface area contributed by atoms with Crippen LogP contribution in [0.4, 0.5) is 5.69 Å². The molecule has 0 radical (unpaired) electrons. The molecule has 0 aliphatic rings. The molecule has 0 saturated heterocycles. The van der Waals surface area contributed by atoms with E-state index in [-0.39, 0.29) is 17.0 Å². The number of amides is 1. The lowest BCUT2D eigenvalue weighted by atomic mass is 10.2. The Kier molecular flexibility index (Phi) is 4.28. The Bertz CT molecular complexity index is 743. The van der Waals surface area contributed by atoms with Crippen molar-refractivity contribution in [2.24, 2.45) is 5.73 Å². The van der Waals surface area contributed by atoms with Gasteiger partial charge in [0.2, 0.25) is 5.91 Å². The molecule has 0 unspecified atom stereocenters. The van der Waals surface area contributed by atoms with Crippen LogP contribution >= 0.6 is 0 Å². The first-order valence-corrected chi connectivity index (χ1v) is 7.89. The van der Waals surface area contributed by atoms with Gasteiger partial charge in [0.15, 0.2) is 0 Å². The number of nitrogens with zero attached hydrogens (tertiary/aromatic N) is 1. The predicted molar refractivity (Wildman–Crippen MR) is 81.6 cm³/mol. The zero-order chi connectivity index (χ0) is 15.5. The van der Waals surface area contributed by atoms with E-state index in [2.05, 4.69) is 0 Å². The van der Waals surface area contributed by atoms with Crippen molar-refractivity contribution < 1.29 is 13.2 Å². The highest BCUT2D eigenvalue weighted by molar-refractivity contribution is 7.93. The van der Waals surface area contributed by atoms with Gasteiger partial charge in [-0.1, -0.05) is 30.3 Å². The maximum Gasteiger partial charge on any atom is 0.265 e. The summed E-state index contributed by atoms with van der Waals surface area (Å²) in [6.07, 6.45) is 0. The smallest absolute Gasteiger partial charge is 0.265 e. The predicted octanol–water partition coefficient (Wildman–Crippen LogP) is 2.00. The molecule has 2 aromatic carbocycles. The van der Waals surface area contributed by atoms with Gasteiger partial charge >= 0.3 is 0 Å². The third kappa shape index (κ3) is 2.90. The van der Waals surface area contributed by atoms with E-state index in [1.54, 1.807) is 49.4 Å². The number of primary amides is 1. The first kappa shape index (κ1) is 15.1. The standard InChI is InChI=1S/C15H16N2O3S/c1-2-17(12-8-4-3-5-9-12)21(19,20)14-11-7-6-10-13(14)15(16)18/h3-11H,2H2,1H3,(H2,16,18). The van der Waals surface area contributed by atoms with E-state index < -0.39 is 15.9 Å². The van der Waals surface area contributed by atoms with Gasteiger partial charge < -0.3 is 5.73 Å². The SMILES string of the molecule is CCN(c1ccccc1)S(=O)(=O)c1ccccc1C(N)=O. The van der Waals surface area contributed by atoms with Crippen molar-refractivity contribution in [2.45, 2.75) is 11.8 Å². The molecule has 0 spiro atoms. The third-order valence-corrected chi connectivity index (χ3v) is 5.01. The average Bonchev–Trinajstić information content (AvgIpc) is 2.49. The van der Waals surface area contributed by atoms with Gasteiger partial charge in [0.05, 0.1) is 11.3 Å². The molecule has 2 aromatic rings. The second kappa shape index (κ2) is 5.97. The number of rotatable bonds is 5. The number of nitrogens with two attached hydrogens (primary N) is 1. The van der Waals surface area contributed by atoms with Gasteiger partial charge in [-0.15, -0.1) is 0 Å². The molecule has 5 nitrogen and oxygen atoms in total. The van der Waals surface area contributed by atoms with E-state index >= 15 is 0 Å². The number of carbonyl (C=O) groups is 1. The number of sulfonamides is 1. The number of carbonyl (C=O) groups excluding carboxylic acids is 1. The Morgan fingerprint density at radius 2 is 1.62 bits per heavy atom. The largest absolute Gasteiger partial charge is 0.366 e. The fraction of sp³-hybridized carbons (Fsp3) is 0.133. The van der Waals surface area contributed by atoms with Crippen molar-refractivity contribution in [3.8, 4) is 0 Å². The number of anilines is 1. The van der Waals surface area contributed by atoms with E-state index in [0.29, 0.717) is 5.69 Å². The summed E-state index contributed by atoms with van der Waals surface area (Å²) in [5.74, 6) is -0.765. The fourth-order valence-corrected chi connectivity index (χ4v) is 3.77. The summed E-state index contributed by atoms with van der Waals surface area (Å²) in [6.45, 7) is 1.98. The van der Waals surface area contributed by atoms with Crippen LogP contribution in [0.25, 0.3) is 0 Å². The van der Waals surface area contributed by atoms with Crippen molar-refractivity contribution in [1.29, 1.82) is 0 Å². The van der Waals surface area contributed by atoms with Crippen molar-refractivity contribution in [3.63, 3.8) is 0 Å². The average molecular weight is 304 g/mol.